The van der Waals surface area contributed by atoms with Gasteiger partial charge in [0, 0.05) is 11.9 Å². The molecule has 1 aromatic rings. The average Bonchev–Trinajstić information content (AvgIpc) is 2.72. The van der Waals surface area contributed by atoms with Gasteiger partial charge in [0.1, 0.15) is 12.4 Å². The summed E-state index contributed by atoms with van der Waals surface area (Å²) in [6.07, 6.45) is 3.14. The maximum Gasteiger partial charge on any atom is 0.434 e. The zero-order chi connectivity index (χ0) is 12.7. The van der Waals surface area contributed by atoms with E-state index in [1.54, 1.807) is 0 Å². The summed E-state index contributed by atoms with van der Waals surface area (Å²) in [4.78, 5) is 13.6. The van der Waals surface area contributed by atoms with Gasteiger partial charge in [-0.25, -0.2) is 4.57 Å². The van der Waals surface area contributed by atoms with Crippen LogP contribution in [-0.2, 0) is 6.54 Å². The average molecular weight is 388 g/mol. The lowest BCUT2D eigenvalue weighted by atomic mass is 10.3. The molecular formula is C9H16Br2N4O3. The number of hydrogen-bond acceptors (Lipinski definition) is 5. The van der Waals surface area contributed by atoms with Gasteiger partial charge in [0.15, 0.2) is 0 Å². The van der Waals surface area contributed by atoms with E-state index in [0.717, 1.165) is 18.3 Å². The van der Waals surface area contributed by atoms with Gasteiger partial charge >= 0.3 is 5.95 Å². The van der Waals surface area contributed by atoms with Gasteiger partial charge < -0.3 is 20.5 Å². The molecule has 9 heteroatoms. The highest BCUT2D eigenvalue weighted by atomic mass is 79.9. The number of aliphatic hydroxyl groups is 1. The SMILES string of the molecule is Br.O=[N+]([O-])c1nccn1CC(O)CNCCCBr. The fourth-order valence-corrected chi connectivity index (χ4v) is 1.65. The Kier molecular flexibility index (Phi) is 9.16. The number of halogens is 2. The van der Waals surface area contributed by atoms with Crippen LogP contribution < -0.4 is 5.32 Å². The van der Waals surface area contributed by atoms with E-state index in [1.165, 1.54) is 17.0 Å². The zero-order valence-corrected chi connectivity index (χ0v) is 13.0. The quantitative estimate of drug-likeness (QED) is 0.301. The summed E-state index contributed by atoms with van der Waals surface area (Å²) in [6, 6.07) is 0. The van der Waals surface area contributed by atoms with Crippen LogP contribution in [0.3, 0.4) is 0 Å². The molecule has 1 unspecified atom stereocenters. The van der Waals surface area contributed by atoms with E-state index < -0.39 is 11.0 Å². The largest absolute Gasteiger partial charge is 0.434 e. The first-order valence-corrected chi connectivity index (χ1v) is 6.37. The molecule has 0 saturated carbocycles. The number of rotatable bonds is 8. The molecule has 7 nitrogen and oxygen atoms in total. The van der Waals surface area contributed by atoms with Crippen LogP contribution in [-0.4, -0.2) is 44.1 Å². The lowest BCUT2D eigenvalue weighted by Crippen LogP contribution is -2.31. The lowest BCUT2D eigenvalue weighted by Gasteiger charge is -2.10. The molecule has 0 bridgehead atoms. The first-order valence-electron chi connectivity index (χ1n) is 5.25. The summed E-state index contributed by atoms with van der Waals surface area (Å²) < 4.78 is 1.33. The maximum atomic E-state index is 10.6. The van der Waals surface area contributed by atoms with E-state index in [4.69, 9.17) is 0 Å². The fourth-order valence-electron chi connectivity index (χ4n) is 1.37. The molecule has 1 aromatic heterocycles. The monoisotopic (exact) mass is 386 g/mol. The Morgan fingerprint density at radius 1 is 1.67 bits per heavy atom. The summed E-state index contributed by atoms with van der Waals surface area (Å²) in [5.41, 5.74) is 0. The molecule has 18 heavy (non-hydrogen) atoms. The number of nitrogens with zero attached hydrogens (tertiary/aromatic N) is 3. The van der Waals surface area contributed by atoms with E-state index in [9.17, 15) is 15.2 Å². The summed E-state index contributed by atoms with van der Waals surface area (Å²) in [5, 5.41) is 24.2. The van der Waals surface area contributed by atoms with Gasteiger partial charge in [0.25, 0.3) is 0 Å². The standard InChI is InChI=1S/C9H15BrN4O3.BrH/c10-2-1-3-11-6-8(15)7-13-5-4-12-9(13)14(16)17;/h4-5,8,11,15H,1-3,6-7H2;1H. The van der Waals surface area contributed by atoms with Crippen LogP contribution in [0, 0.1) is 10.1 Å². The molecule has 0 aliphatic heterocycles. The van der Waals surface area contributed by atoms with Gasteiger partial charge in [-0.2, -0.15) is 0 Å². The molecule has 0 aliphatic rings. The summed E-state index contributed by atoms with van der Waals surface area (Å²) in [5.74, 6) is -0.246. The molecule has 0 saturated heterocycles. The van der Waals surface area contributed by atoms with Gasteiger partial charge in [-0.05, 0) is 17.9 Å². The molecule has 0 fully saturated rings. The van der Waals surface area contributed by atoms with E-state index in [0.29, 0.717) is 6.54 Å². The summed E-state index contributed by atoms with van der Waals surface area (Å²) in [7, 11) is 0. The lowest BCUT2D eigenvalue weighted by molar-refractivity contribution is -0.397. The predicted octanol–water partition coefficient (Wildman–Crippen LogP) is 1.10. The summed E-state index contributed by atoms with van der Waals surface area (Å²) >= 11 is 3.30. The van der Waals surface area contributed by atoms with Gasteiger partial charge in [-0.15, -0.1) is 17.0 Å². The van der Waals surface area contributed by atoms with Crippen LogP contribution in [0.1, 0.15) is 6.42 Å². The molecule has 1 rings (SSSR count). The molecule has 1 atom stereocenters. The minimum absolute atomic E-state index is 0. The van der Waals surface area contributed by atoms with Crippen LogP contribution in [0.4, 0.5) is 5.95 Å². The Morgan fingerprint density at radius 3 is 3.00 bits per heavy atom. The maximum absolute atomic E-state index is 10.6. The molecule has 0 aromatic carbocycles. The number of alkyl halides is 1. The topological polar surface area (TPSA) is 93.2 Å². The first kappa shape index (κ1) is 17.5. The van der Waals surface area contributed by atoms with Crippen molar-refractivity contribution in [3.8, 4) is 0 Å². The molecule has 1 heterocycles. The van der Waals surface area contributed by atoms with Crippen molar-refractivity contribution < 1.29 is 10.0 Å². The Labute approximate surface area is 124 Å². The number of nitro groups is 1. The van der Waals surface area contributed by atoms with E-state index in [1.807, 2.05) is 0 Å². The van der Waals surface area contributed by atoms with Gasteiger partial charge in [-0.1, -0.05) is 20.9 Å². The highest BCUT2D eigenvalue weighted by Gasteiger charge is 2.16. The van der Waals surface area contributed by atoms with Crippen molar-refractivity contribution in [3.63, 3.8) is 0 Å². The molecule has 0 spiro atoms. The van der Waals surface area contributed by atoms with Crippen LogP contribution in [0.2, 0.25) is 0 Å². The molecule has 0 amide bonds. The second-order valence-corrected chi connectivity index (χ2v) is 4.33. The van der Waals surface area contributed by atoms with Crippen molar-refractivity contribution in [1.29, 1.82) is 0 Å². The smallest absolute Gasteiger partial charge is 0.390 e. The van der Waals surface area contributed by atoms with E-state index >= 15 is 0 Å². The minimum atomic E-state index is -0.668. The second kappa shape index (κ2) is 9.42. The zero-order valence-electron chi connectivity index (χ0n) is 9.66. The number of aliphatic hydroxyl groups excluding tert-OH is 1. The van der Waals surface area contributed by atoms with Crippen molar-refractivity contribution in [3.05, 3.63) is 22.5 Å². The van der Waals surface area contributed by atoms with Crippen molar-refractivity contribution in [2.24, 2.45) is 0 Å². The molecule has 0 radical (unpaired) electrons. The highest BCUT2D eigenvalue weighted by Crippen LogP contribution is 2.07. The van der Waals surface area contributed by atoms with Crippen LogP contribution in [0.5, 0.6) is 0 Å². The van der Waals surface area contributed by atoms with Gasteiger partial charge in [0.2, 0.25) is 0 Å². The van der Waals surface area contributed by atoms with Crippen molar-refractivity contribution in [2.45, 2.75) is 19.1 Å². The summed E-state index contributed by atoms with van der Waals surface area (Å²) in [6.45, 7) is 1.37. The number of hydrogen-bond donors (Lipinski definition) is 2. The first-order chi connectivity index (χ1) is 8.15. The minimum Gasteiger partial charge on any atom is -0.390 e. The Hall–Kier alpha value is -0.510. The second-order valence-electron chi connectivity index (χ2n) is 3.54. The molecule has 2 N–H and O–H groups in total. The van der Waals surface area contributed by atoms with Crippen LogP contribution >= 0.6 is 32.9 Å². The number of imidazole rings is 1. The third-order valence-corrected chi connectivity index (χ3v) is 2.69. The van der Waals surface area contributed by atoms with Crippen LogP contribution in [0.15, 0.2) is 12.4 Å². The highest BCUT2D eigenvalue weighted by molar-refractivity contribution is 9.09. The fraction of sp³-hybridized carbons (Fsp3) is 0.667. The predicted molar refractivity (Wildman–Crippen MR) is 76.5 cm³/mol. The number of nitrogens with one attached hydrogen (secondary N) is 1. The molecule has 0 aliphatic carbocycles. The normalized spacial score (nSPS) is 11.9. The van der Waals surface area contributed by atoms with Gasteiger partial charge in [-0.3, -0.25) is 0 Å². The van der Waals surface area contributed by atoms with E-state index in [2.05, 4.69) is 26.2 Å². The van der Waals surface area contributed by atoms with Crippen molar-refractivity contribution in [1.82, 2.24) is 14.9 Å². The third-order valence-electron chi connectivity index (χ3n) is 2.13. The van der Waals surface area contributed by atoms with Crippen molar-refractivity contribution >= 4 is 38.9 Å². The van der Waals surface area contributed by atoms with Crippen molar-refractivity contribution in [2.75, 3.05) is 18.4 Å². The number of aromatic nitrogens is 2. The molecular weight excluding hydrogens is 372 g/mol. The Bertz CT molecular complexity index is 361. The Morgan fingerprint density at radius 2 is 2.39 bits per heavy atom. The van der Waals surface area contributed by atoms with Crippen LogP contribution in [0.25, 0.3) is 0 Å². The van der Waals surface area contributed by atoms with E-state index in [-0.39, 0.29) is 29.5 Å². The Balaban J connectivity index is 0.00000289. The van der Waals surface area contributed by atoms with Gasteiger partial charge in [0.05, 0.1) is 12.6 Å². The third kappa shape index (κ3) is 5.89. The molecule has 104 valence electrons.